The summed E-state index contributed by atoms with van der Waals surface area (Å²) >= 11 is 15.1. The maximum atomic E-state index is 12.6. The third kappa shape index (κ3) is 8.19. The molecular weight excluding hydrogens is 559 g/mol. The van der Waals surface area contributed by atoms with Gasteiger partial charge in [0.1, 0.15) is 5.82 Å². The van der Waals surface area contributed by atoms with Crippen LogP contribution in [0.5, 0.6) is 0 Å². The van der Waals surface area contributed by atoms with Gasteiger partial charge in [0.15, 0.2) is 5.16 Å². The first-order valence-electron chi connectivity index (χ1n) is 11.6. The first kappa shape index (κ1) is 27.9. The molecule has 0 aliphatic heterocycles. The molecule has 0 radical (unpaired) electrons. The number of aromatic nitrogens is 3. The fraction of sp³-hybridized carbons (Fsp3) is 0.148. The predicted octanol–water partition coefficient (Wildman–Crippen LogP) is 8.35. The molecule has 38 heavy (non-hydrogen) atoms. The second kappa shape index (κ2) is 14.2. The summed E-state index contributed by atoms with van der Waals surface area (Å²) < 4.78 is 1.97. The molecule has 1 amide bonds. The molecule has 0 spiro atoms. The zero-order valence-corrected chi connectivity index (χ0v) is 23.4. The number of amides is 1. The molecule has 4 rings (SSSR count). The van der Waals surface area contributed by atoms with Gasteiger partial charge in [-0.15, -0.1) is 28.5 Å². The zero-order chi connectivity index (χ0) is 26.7. The van der Waals surface area contributed by atoms with Gasteiger partial charge in [-0.1, -0.05) is 65.3 Å². The Morgan fingerprint density at radius 3 is 2.39 bits per heavy atom. The number of nitrogens with one attached hydrogen (secondary N) is 1. The Morgan fingerprint density at radius 1 is 0.947 bits per heavy atom. The van der Waals surface area contributed by atoms with Gasteiger partial charge in [-0.05, 0) is 54.1 Å². The summed E-state index contributed by atoms with van der Waals surface area (Å²) in [5.41, 5.74) is 3.24. The number of carbonyl (C=O) groups is 1. The average molecular weight is 584 g/mol. The highest BCUT2D eigenvalue weighted by Gasteiger charge is 2.14. The highest BCUT2D eigenvalue weighted by molar-refractivity contribution is 7.99. The lowest BCUT2D eigenvalue weighted by molar-refractivity contribution is -0.113. The van der Waals surface area contributed by atoms with Gasteiger partial charge in [-0.25, -0.2) is 0 Å². The molecule has 0 saturated carbocycles. The monoisotopic (exact) mass is 582 g/mol. The van der Waals surface area contributed by atoms with Gasteiger partial charge in [-0.2, -0.15) is 10.2 Å². The molecule has 0 aliphatic rings. The number of carbonyl (C=O) groups excluding carboxylic acids is 1. The number of anilines is 1. The fourth-order valence-corrected chi connectivity index (χ4v) is 5.28. The van der Waals surface area contributed by atoms with Gasteiger partial charge in [0, 0.05) is 18.0 Å². The zero-order valence-electron chi connectivity index (χ0n) is 20.3. The van der Waals surface area contributed by atoms with Gasteiger partial charge < -0.3 is 9.88 Å². The number of azo groups is 1. The quantitative estimate of drug-likeness (QED) is 0.103. The summed E-state index contributed by atoms with van der Waals surface area (Å²) in [7, 11) is 0. The van der Waals surface area contributed by atoms with E-state index in [-0.39, 0.29) is 11.7 Å². The summed E-state index contributed by atoms with van der Waals surface area (Å²) in [6.45, 7) is 4.39. The van der Waals surface area contributed by atoms with Crippen molar-refractivity contribution in [2.75, 3.05) is 11.1 Å². The molecule has 0 bridgehead atoms. The van der Waals surface area contributed by atoms with Crippen LogP contribution in [0.1, 0.15) is 11.4 Å². The van der Waals surface area contributed by atoms with E-state index in [1.54, 1.807) is 48.2 Å². The summed E-state index contributed by atoms with van der Waals surface area (Å²) in [5, 5.41) is 21.7. The van der Waals surface area contributed by atoms with Crippen molar-refractivity contribution in [1.29, 1.82) is 0 Å². The molecule has 1 heterocycles. The minimum Gasteiger partial charge on any atom is -0.325 e. The number of halogens is 2. The Kier molecular flexibility index (Phi) is 10.4. The molecule has 3 aromatic carbocycles. The SMILES string of the molecule is C=CCn1c(CSCc2ccc(Cl)c(Cl)c2)nnc1SCC(=O)Nc1ccc(N=Nc2ccccc2)cc1. The first-order valence-corrected chi connectivity index (χ1v) is 14.5. The molecule has 1 N–H and O–H groups in total. The topological polar surface area (TPSA) is 84.5 Å². The summed E-state index contributed by atoms with van der Waals surface area (Å²) in [6.07, 6.45) is 1.79. The van der Waals surface area contributed by atoms with Crippen LogP contribution >= 0.6 is 46.7 Å². The smallest absolute Gasteiger partial charge is 0.234 e. The van der Waals surface area contributed by atoms with Crippen LogP contribution in [0.15, 0.2) is 101 Å². The van der Waals surface area contributed by atoms with Gasteiger partial charge in [0.05, 0.1) is 32.9 Å². The molecule has 11 heteroatoms. The third-order valence-electron chi connectivity index (χ3n) is 5.11. The van der Waals surface area contributed by atoms with E-state index in [1.165, 1.54) is 11.8 Å². The molecule has 0 atom stereocenters. The molecule has 0 aliphatic carbocycles. The lowest BCUT2D eigenvalue weighted by Crippen LogP contribution is -2.14. The van der Waals surface area contributed by atoms with Crippen LogP contribution in [0.4, 0.5) is 17.1 Å². The standard InChI is InChI=1S/C27H24Cl2N6OS2/c1-2-14-35-25(17-37-16-19-8-13-23(28)24(29)15-19)33-34-27(35)38-18-26(36)30-20-9-11-22(12-10-20)32-31-21-6-4-3-5-7-21/h2-13,15H,1,14,16-18H2,(H,30,36). The second-order valence-electron chi connectivity index (χ2n) is 7.96. The predicted molar refractivity (Wildman–Crippen MR) is 158 cm³/mol. The van der Waals surface area contributed by atoms with Crippen molar-refractivity contribution in [3.63, 3.8) is 0 Å². The van der Waals surface area contributed by atoms with Gasteiger partial charge in [0.25, 0.3) is 0 Å². The molecule has 0 unspecified atom stereocenters. The normalized spacial score (nSPS) is 11.1. The van der Waals surface area contributed by atoms with Gasteiger partial charge in [-0.3, -0.25) is 4.79 Å². The Labute approximate surface area is 239 Å². The van der Waals surface area contributed by atoms with E-state index < -0.39 is 0 Å². The average Bonchev–Trinajstić information content (AvgIpc) is 3.31. The lowest BCUT2D eigenvalue weighted by atomic mass is 10.2. The maximum absolute atomic E-state index is 12.6. The number of hydrogen-bond donors (Lipinski definition) is 1. The number of thioether (sulfide) groups is 2. The van der Waals surface area contributed by atoms with E-state index in [0.29, 0.717) is 38.9 Å². The van der Waals surface area contributed by atoms with E-state index in [0.717, 1.165) is 22.8 Å². The van der Waals surface area contributed by atoms with Gasteiger partial charge in [0.2, 0.25) is 5.91 Å². The highest BCUT2D eigenvalue weighted by atomic mass is 35.5. The Balaban J connectivity index is 1.28. The van der Waals surface area contributed by atoms with Crippen LogP contribution in [0, 0.1) is 0 Å². The maximum Gasteiger partial charge on any atom is 0.234 e. The fourth-order valence-electron chi connectivity index (χ4n) is 3.28. The van der Waals surface area contributed by atoms with E-state index in [1.807, 2.05) is 47.0 Å². The minimum atomic E-state index is -0.141. The second-order valence-corrected chi connectivity index (χ2v) is 10.7. The van der Waals surface area contributed by atoms with E-state index in [4.69, 9.17) is 23.2 Å². The summed E-state index contributed by atoms with van der Waals surface area (Å²) in [4.78, 5) is 12.6. The summed E-state index contributed by atoms with van der Waals surface area (Å²) in [5.74, 6) is 2.29. The van der Waals surface area contributed by atoms with Crippen LogP contribution in [0.3, 0.4) is 0 Å². The van der Waals surface area contributed by atoms with Crippen molar-refractivity contribution < 1.29 is 4.79 Å². The molecule has 0 fully saturated rings. The molecular formula is C27H24Cl2N6OS2. The Morgan fingerprint density at radius 2 is 1.68 bits per heavy atom. The van der Waals surface area contributed by atoms with E-state index >= 15 is 0 Å². The van der Waals surface area contributed by atoms with Crippen molar-refractivity contribution in [2.24, 2.45) is 10.2 Å². The van der Waals surface area contributed by atoms with Crippen molar-refractivity contribution in [3.05, 3.63) is 107 Å². The largest absolute Gasteiger partial charge is 0.325 e. The van der Waals surface area contributed by atoms with Crippen molar-refractivity contribution in [2.45, 2.75) is 23.2 Å². The molecule has 7 nitrogen and oxygen atoms in total. The minimum absolute atomic E-state index is 0.141. The highest BCUT2D eigenvalue weighted by Crippen LogP contribution is 2.27. The number of nitrogens with zero attached hydrogens (tertiary/aromatic N) is 5. The molecule has 194 valence electrons. The third-order valence-corrected chi connectivity index (χ3v) is 7.82. The Hall–Kier alpha value is -3.11. The Bertz CT molecular complexity index is 1410. The number of hydrogen-bond acceptors (Lipinski definition) is 7. The van der Waals surface area contributed by atoms with Crippen LogP contribution < -0.4 is 5.32 Å². The molecule has 4 aromatic rings. The van der Waals surface area contributed by atoms with Crippen molar-refractivity contribution >= 4 is 69.7 Å². The van der Waals surface area contributed by atoms with E-state index in [9.17, 15) is 4.79 Å². The molecule has 1 aromatic heterocycles. The van der Waals surface area contributed by atoms with E-state index in [2.05, 4.69) is 32.3 Å². The number of allylic oxidation sites excluding steroid dienone is 1. The van der Waals surface area contributed by atoms with Crippen molar-refractivity contribution in [3.8, 4) is 0 Å². The van der Waals surface area contributed by atoms with Gasteiger partial charge >= 0.3 is 0 Å². The van der Waals surface area contributed by atoms with Crippen LogP contribution in [0.25, 0.3) is 0 Å². The number of benzene rings is 3. The van der Waals surface area contributed by atoms with Crippen LogP contribution in [-0.2, 0) is 22.8 Å². The van der Waals surface area contributed by atoms with Crippen LogP contribution in [-0.4, -0.2) is 26.4 Å². The first-order chi connectivity index (χ1) is 18.5. The molecule has 0 saturated heterocycles. The van der Waals surface area contributed by atoms with Crippen molar-refractivity contribution in [1.82, 2.24) is 14.8 Å². The summed E-state index contributed by atoms with van der Waals surface area (Å²) in [6, 6.07) is 22.3. The van der Waals surface area contributed by atoms with Crippen LogP contribution in [0.2, 0.25) is 10.0 Å². The lowest BCUT2D eigenvalue weighted by Gasteiger charge is -2.08. The number of rotatable bonds is 12.